The fourth-order valence-electron chi connectivity index (χ4n) is 4.60. The summed E-state index contributed by atoms with van der Waals surface area (Å²) < 4.78 is 34.0. The van der Waals surface area contributed by atoms with E-state index in [1.54, 1.807) is 19.1 Å². The maximum absolute atomic E-state index is 13.4. The molecule has 8 heteroatoms. The zero-order chi connectivity index (χ0) is 23.9. The number of ether oxygens (including phenoxy) is 1. The zero-order valence-corrected chi connectivity index (χ0v) is 20.1. The molecule has 0 spiro atoms. The number of pyridine rings is 1. The molecule has 1 atom stereocenters. The number of nitrogens with zero attached hydrogens (tertiary/aromatic N) is 2. The fraction of sp³-hybridized carbons (Fsp3) is 0.360. The molecular weight excluding hydrogens is 440 g/mol. The van der Waals surface area contributed by atoms with Crippen LogP contribution in [0.5, 0.6) is 5.75 Å². The van der Waals surface area contributed by atoms with Gasteiger partial charge in [-0.05, 0) is 81.0 Å². The lowest BCUT2D eigenvalue weighted by Crippen LogP contribution is -2.40. The number of aryl methyl sites for hydroxylation is 3. The van der Waals surface area contributed by atoms with Crippen LogP contribution < -0.4 is 4.74 Å². The predicted molar refractivity (Wildman–Crippen MR) is 126 cm³/mol. The van der Waals surface area contributed by atoms with Crippen LogP contribution in [0.3, 0.4) is 0 Å². The Labute approximate surface area is 194 Å². The van der Waals surface area contributed by atoms with Crippen LogP contribution in [0.4, 0.5) is 0 Å². The Morgan fingerprint density at radius 3 is 2.64 bits per heavy atom. The number of para-hydroxylation sites is 1. The van der Waals surface area contributed by atoms with Crippen LogP contribution in [0.15, 0.2) is 41.3 Å². The van der Waals surface area contributed by atoms with E-state index in [2.05, 4.69) is 4.98 Å². The molecular formula is C25H28N2O5S. The van der Waals surface area contributed by atoms with Gasteiger partial charge < -0.3 is 9.84 Å². The molecule has 2 heterocycles. The van der Waals surface area contributed by atoms with Crippen LogP contribution in [-0.4, -0.2) is 41.4 Å². The summed E-state index contributed by atoms with van der Waals surface area (Å²) in [5, 5.41) is 10.5. The smallest absolute Gasteiger partial charge is 0.322 e. The number of fused-ring (bicyclic) bond motifs is 1. The maximum Gasteiger partial charge on any atom is 0.322 e. The number of rotatable bonds is 6. The number of carboxylic acids is 1. The second-order valence-electron chi connectivity index (χ2n) is 8.62. The summed E-state index contributed by atoms with van der Waals surface area (Å²) in [6.07, 6.45) is 0.854. The molecule has 0 bridgehead atoms. The van der Waals surface area contributed by atoms with Gasteiger partial charge in [0.25, 0.3) is 0 Å². The second kappa shape index (κ2) is 8.76. The predicted octanol–water partition coefficient (Wildman–Crippen LogP) is 4.29. The third-order valence-electron chi connectivity index (χ3n) is 6.37. The van der Waals surface area contributed by atoms with Gasteiger partial charge >= 0.3 is 5.97 Å². The van der Waals surface area contributed by atoms with Gasteiger partial charge in [-0.2, -0.15) is 4.31 Å². The minimum absolute atomic E-state index is 0.127. The first kappa shape index (κ1) is 23.2. The summed E-state index contributed by atoms with van der Waals surface area (Å²) in [4.78, 5) is 16.4. The molecule has 2 aromatic carbocycles. The Balaban J connectivity index is 1.69. The van der Waals surface area contributed by atoms with E-state index in [4.69, 9.17) is 4.74 Å². The topological polar surface area (TPSA) is 96.8 Å². The van der Waals surface area contributed by atoms with Gasteiger partial charge in [0.05, 0.1) is 4.90 Å². The van der Waals surface area contributed by atoms with Crippen molar-refractivity contribution >= 4 is 26.9 Å². The van der Waals surface area contributed by atoms with Crippen molar-refractivity contribution in [1.29, 1.82) is 0 Å². The molecule has 0 unspecified atom stereocenters. The van der Waals surface area contributed by atoms with Gasteiger partial charge in [-0.1, -0.05) is 18.2 Å². The number of aliphatic carboxylic acids is 1. The van der Waals surface area contributed by atoms with Crippen molar-refractivity contribution in [2.24, 2.45) is 0 Å². The average molecular weight is 469 g/mol. The van der Waals surface area contributed by atoms with E-state index in [0.29, 0.717) is 24.2 Å². The summed E-state index contributed by atoms with van der Waals surface area (Å²) in [5.74, 6) is -0.477. The van der Waals surface area contributed by atoms with E-state index >= 15 is 0 Å². The number of hydrogen-bond donors (Lipinski definition) is 1. The number of benzene rings is 2. The molecule has 1 N–H and O–H groups in total. The third kappa shape index (κ3) is 4.20. The van der Waals surface area contributed by atoms with E-state index in [0.717, 1.165) is 37.6 Å². The van der Waals surface area contributed by atoms with Crippen LogP contribution in [0.2, 0.25) is 0 Å². The highest BCUT2D eigenvalue weighted by molar-refractivity contribution is 7.89. The largest absolute Gasteiger partial charge is 0.487 e. The second-order valence-corrected chi connectivity index (χ2v) is 10.5. The van der Waals surface area contributed by atoms with Gasteiger partial charge in [-0.3, -0.25) is 4.79 Å². The van der Waals surface area contributed by atoms with E-state index < -0.39 is 22.0 Å². The van der Waals surface area contributed by atoms with Crippen molar-refractivity contribution in [2.75, 3.05) is 6.54 Å². The van der Waals surface area contributed by atoms with Crippen LogP contribution in [-0.2, 0) is 21.4 Å². The number of carbonyl (C=O) groups is 1. The summed E-state index contributed by atoms with van der Waals surface area (Å²) in [6, 6.07) is 10.1. The Bertz CT molecular complexity index is 1350. The Hall–Kier alpha value is -2.97. The Morgan fingerprint density at radius 2 is 1.91 bits per heavy atom. The third-order valence-corrected chi connectivity index (χ3v) is 8.42. The molecule has 0 amide bonds. The van der Waals surface area contributed by atoms with Crippen LogP contribution >= 0.6 is 0 Å². The highest BCUT2D eigenvalue weighted by Crippen LogP contribution is 2.32. The first-order valence-corrected chi connectivity index (χ1v) is 12.4. The van der Waals surface area contributed by atoms with Crippen molar-refractivity contribution in [3.63, 3.8) is 0 Å². The van der Waals surface area contributed by atoms with Crippen molar-refractivity contribution in [3.05, 3.63) is 64.3 Å². The molecule has 1 aromatic heterocycles. The van der Waals surface area contributed by atoms with E-state index in [1.807, 2.05) is 45.0 Å². The first-order chi connectivity index (χ1) is 15.6. The fourth-order valence-corrected chi connectivity index (χ4v) is 6.50. The molecule has 33 heavy (non-hydrogen) atoms. The lowest BCUT2D eigenvalue weighted by atomic mass is 10.0. The quantitative estimate of drug-likeness (QED) is 0.580. The molecule has 4 rings (SSSR count). The lowest BCUT2D eigenvalue weighted by molar-refractivity contribution is -0.140. The summed E-state index contributed by atoms with van der Waals surface area (Å²) in [6.45, 7) is 8.02. The van der Waals surface area contributed by atoms with Crippen molar-refractivity contribution in [3.8, 4) is 5.75 Å². The molecule has 174 valence electrons. The SMILES string of the molecule is Cc1cc(C)c2cccc(OCc3c(C)ccc(S(=O)(=O)N4CCC[C@H]4C(=O)O)c3C)c2n1. The van der Waals surface area contributed by atoms with Crippen LogP contribution in [0.1, 0.15) is 40.8 Å². The number of sulfonamides is 1. The zero-order valence-electron chi connectivity index (χ0n) is 19.3. The minimum Gasteiger partial charge on any atom is -0.487 e. The molecule has 0 aliphatic carbocycles. The van der Waals surface area contributed by atoms with E-state index in [-0.39, 0.29) is 18.0 Å². The van der Waals surface area contributed by atoms with Gasteiger partial charge in [-0.15, -0.1) is 0 Å². The average Bonchev–Trinajstić information content (AvgIpc) is 3.25. The highest BCUT2D eigenvalue weighted by atomic mass is 32.2. The van der Waals surface area contributed by atoms with Gasteiger partial charge in [0.15, 0.2) is 0 Å². The van der Waals surface area contributed by atoms with Crippen LogP contribution in [0.25, 0.3) is 10.9 Å². The number of carboxylic acid groups (broad SMARTS) is 1. The molecule has 0 radical (unpaired) electrons. The molecule has 1 aliphatic rings. The first-order valence-electron chi connectivity index (χ1n) is 10.9. The summed E-state index contributed by atoms with van der Waals surface area (Å²) >= 11 is 0. The highest BCUT2D eigenvalue weighted by Gasteiger charge is 2.40. The molecule has 0 saturated carbocycles. The number of aromatic nitrogens is 1. The maximum atomic E-state index is 13.4. The lowest BCUT2D eigenvalue weighted by Gasteiger charge is -2.23. The van der Waals surface area contributed by atoms with Crippen molar-refractivity contribution in [1.82, 2.24) is 9.29 Å². The van der Waals surface area contributed by atoms with Crippen molar-refractivity contribution < 1.29 is 23.1 Å². The standard InChI is InChI=1S/C25H28N2O5S/c1-15-10-11-23(33(30,31)27-12-6-8-21(27)25(28)29)18(4)20(15)14-32-22-9-5-7-19-16(2)13-17(3)26-24(19)22/h5,7,9-11,13,21H,6,8,12,14H2,1-4H3,(H,28,29)/t21-/m0/s1. The monoisotopic (exact) mass is 468 g/mol. The molecule has 1 fully saturated rings. The molecule has 1 saturated heterocycles. The summed E-state index contributed by atoms with van der Waals surface area (Å²) in [5.41, 5.74) is 5.03. The Morgan fingerprint density at radius 1 is 1.15 bits per heavy atom. The van der Waals surface area contributed by atoms with Gasteiger partial charge in [0.1, 0.15) is 23.9 Å². The summed E-state index contributed by atoms with van der Waals surface area (Å²) in [7, 11) is -3.95. The van der Waals surface area contributed by atoms with Crippen LogP contribution in [0, 0.1) is 27.7 Å². The number of hydrogen-bond acceptors (Lipinski definition) is 5. The van der Waals surface area contributed by atoms with Gasteiger partial charge in [-0.25, -0.2) is 13.4 Å². The normalized spacial score (nSPS) is 16.9. The Kier molecular flexibility index (Phi) is 6.16. The molecule has 7 nitrogen and oxygen atoms in total. The van der Waals surface area contributed by atoms with Crippen molar-refractivity contribution in [2.45, 2.75) is 58.1 Å². The van der Waals surface area contributed by atoms with E-state index in [9.17, 15) is 18.3 Å². The van der Waals surface area contributed by atoms with E-state index in [1.165, 1.54) is 0 Å². The van der Waals surface area contributed by atoms with Gasteiger partial charge in [0.2, 0.25) is 10.0 Å². The minimum atomic E-state index is -3.95. The molecule has 3 aromatic rings. The molecule has 1 aliphatic heterocycles. The van der Waals surface area contributed by atoms with Gasteiger partial charge in [0, 0.05) is 17.6 Å².